The highest BCUT2D eigenvalue weighted by molar-refractivity contribution is 5.99. The maximum Gasteiger partial charge on any atom is 0.253 e. The van der Waals surface area contributed by atoms with Crippen LogP contribution in [0.4, 0.5) is 5.69 Å². The number of nitrogens with one attached hydrogen (secondary N) is 1. The van der Waals surface area contributed by atoms with E-state index in [1.54, 1.807) is 25.3 Å². The molecule has 0 aliphatic heterocycles. The largest absolute Gasteiger partial charge is 0.497 e. The predicted molar refractivity (Wildman–Crippen MR) is 77.7 cm³/mol. The summed E-state index contributed by atoms with van der Waals surface area (Å²) in [5.74, 6) is 0.515. The third-order valence-corrected chi connectivity index (χ3v) is 3.90. The minimum atomic E-state index is -0.313. The van der Waals surface area contributed by atoms with E-state index in [1.807, 2.05) is 0 Å². The van der Waals surface area contributed by atoms with E-state index < -0.39 is 0 Å². The summed E-state index contributed by atoms with van der Waals surface area (Å²) in [6, 6.07) is 5.00. The molecule has 0 bridgehead atoms. The van der Waals surface area contributed by atoms with Gasteiger partial charge in [-0.05, 0) is 31.0 Å². The van der Waals surface area contributed by atoms with Crippen molar-refractivity contribution in [2.75, 3.05) is 19.4 Å². The summed E-state index contributed by atoms with van der Waals surface area (Å²) >= 11 is 0. The first-order valence-corrected chi connectivity index (χ1v) is 7.01. The van der Waals surface area contributed by atoms with Crippen molar-refractivity contribution >= 4 is 11.6 Å². The summed E-state index contributed by atoms with van der Waals surface area (Å²) in [6.45, 7) is 0.483. The van der Waals surface area contributed by atoms with Crippen LogP contribution in [0.25, 0.3) is 0 Å². The van der Waals surface area contributed by atoms with Crippen molar-refractivity contribution in [2.24, 2.45) is 5.92 Å². The Morgan fingerprint density at radius 2 is 2.20 bits per heavy atom. The number of carbonyl (C=O) groups is 1. The SMILES string of the molecule is COc1ccc(N)c(C(=O)NCC2CCCCC2O)c1. The highest BCUT2D eigenvalue weighted by Crippen LogP contribution is 2.24. The molecule has 2 rings (SSSR count). The lowest BCUT2D eigenvalue weighted by atomic mass is 9.86. The summed E-state index contributed by atoms with van der Waals surface area (Å²) in [5, 5.41) is 12.7. The molecule has 110 valence electrons. The van der Waals surface area contributed by atoms with Crippen molar-refractivity contribution < 1.29 is 14.6 Å². The first-order chi connectivity index (χ1) is 9.61. The van der Waals surface area contributed by atoms with Crippen molar-refractivity contribution in [3.05, 3.63) is 23.8 Å². The summed E-state index contributed by atoms with van der Waals surface area (Å²) in [5.41, 5.74) is 6.65. The van der Waals surface area contributed by atoms with Crippen molar-refractivity contribution in [2.45, 2.75) is 31.8 Å². The van der Waals surface area contributed by atoms with Crippen LogP contribution in [-0.4, -0.2) is 30.8 Å². The molecule has 0 saturated heterocycles. The van der Waals surface area contributed by atoms with E-state index in [0.29, 0.717) is 23.5 Å². The molecule has 2 atom stereocenters. The fourth-order valence-electron chi connectivity index (χ4n) is 2.60. The Hall–Kier alpha value is -1.75. The lowest BCUT2D eigenvalue weighted by molar-refractivity contribution is 0.0663. The van der Waals surface area contributed by atoms with Crippen LogP contribution in [-0.2, 0) is 0 Å². The molecule has 0 aromatic heterocycles. The van der Waals surface area contributed by atoms with E-state index >= 15 is 0 Å². The molecule has 0 radical (unpaired) electrons. The molecule has 1 aromatic rings. The Morgan fingerprint density at radius 3 is 2.90 bits per heavy atom. The Morgan fingerprint density at radius 1 is 1.45 bits per heavy atom. The monoisotopic (exact) mass is 278 g/mol. The summed E-state index contributed by atoms with van der Waals surface area (Å²) < 4.78 is 5.10. The molecule has 5 nitrogen and oxygen atoms in total. The van der Waals surface area contributed by atoms with Crippen LogP contribution in [0.1, 0.15) is 36.0 Å². The van der Waals surface area contributed by atoms with Crippen LogP contribution < -0.4 is 15.8 Å². The van der Waals surface area contributed by atoms with Gasteiger partial charge in [0.1, 0.15) is 5.75 Å². The number of amides is 1. The minimum absolute atomic E-state index is 0.138. The van der Waals surface area contributed by atoms with Gasteiger partial charge in [0.2, 0.25) is 0 Å². The molecule has 4 N–H and O–H groups in total. The Kier molecular flexibility index (Phi) is 4.84. The highest BCUT2D eigenvalue weighted by atomic mass is 16.5. The molecule has 1 fully saturated rings. The van der Waals surface area contributed by atoms with E-state index in [4.69, 9.17) is 10.5 Å². The van der Waals surface area contributed by atoms with Crippen molar-refractivity contribution in [1.82, 2.24) is 5.32 Å². The van der Waals surface area contributed by atoms with Crippen LogP contribution in [0.15, 0.2) is 18.2 Å². The van der Waals surface area contributed by atoms with Gasteiger partial charge in [-0.25, -0.2) is 0 Å². The zero-order valence-corrected chi connectivity index (χ0v) is 11.8. The Labute approximate surface area is 119 Å². The number of carbonyl (C=O) groups excluding carboxylic acids is 1. The van der Waals surface area contributed by atoms with Gasteiger partial charge in [0.25, 0.3) is 5.91 Å². The molecule has 1 saturated carbocycles. The van der Waals surface area contributed by atoms with Crippen LogP contribution in [0, 0.1) is 5.92 Å². The second-order valence-corrected chi connectivity index (χ2v) is 5.28. The van der Waals surface area contributed by atoms with Gasteiger partial charge in [0.15, 0.2) is 0 Å². The van der Waals surface area contributed by atoms with Crippen molar-refractivity contribution in [1.29, 1.82) is 0 Å². The number of nitrogen functional groups attached to an aromatic ring is 1. The molecule has 1 aromatic carbocycles. The van der Waals surface area contributed by atoms with E-state index in [0.717, 1.165) is 25.7 Å². The standard InChI is InChI=1S/C15H22N2O3/c1-20-11-6-7-13(16)12(8-11)15(19)17-9-10-4-2-3-5-14(10)18/h6-8,10,14,18H,2-5,9,16H2,1H3,(H,17,19). The maximum absolute atomic E-state index is 12.2. The molecule has 1 amide bonds. The topological polar surface area (TPSA) is 84.6 Å². The fourth-order valence-corrected chi connectivity index (χ4v) is 2.60. The minimum Gasteiger partial charge on any atom is -0.497 e. The number of aliphatic hydroxyl groups excluding tert-OH is 1. The average molecular weight is 278 g/mol. The van der Waals surface area contributed by atoms with Crippen LogP contribution in [0.2, 0.25) is 0 Å². The summed E-state index contributed by atoms with van der Waals surface area (Å²) in [6.07, 6.45) is 3.64. The molecule has 0 heterocycles. The zero-order valence-electron chi connectivity index (χ0n) is 11.8. The number of rotatable bonds is 4. The lowest BCUT2D eigenvalue weighted by Gasteiger charge is -2.27. The molecule has 2 unspecified atom stereocenters. The van der Waals surface area contributed by atoms with Gasteiger partial charge in [-0.3, -0.25) is 4.79 Å². The maximum atomic E-state index is 12.2. The van der Waals surface area contributed by atoms with E-state index in [9.17, 15) is 9.90 Å². The Bertz CT molecular complexity index is 476. The first-order valence-electron chi connectivity index (χ1n) is 7.01. The number of nitrogens with two attached hydrogens (primary N) is 1. The Balaban J connectivity index is 1.97. The molecular weight excluding hydrogens is 256 g/mol. The molecule has 1 aliphatic carbocycles. The fraction of sp³-hybridized carbons (Fsp3) is 0.533. The second-order valence-electron chi connectivity index (χ2n) is 5.28. The molecule has 1 aliphatic rings. The van der Waals surface area contributed by atoms with Gasteiger partial charge in [-0.2, -0.15) is 0 Å². The number of ether oxygens (including phenoxy) is 1. The third kappa shape index (κ3) is 3.42. The van der Waals surface area contributed by atoms with Gasteiger partial charge in [0, 0.05) is 18.2 Å². The summed E-state index contributed by atoms with van der Waals surface area (Å²) in [4.78, 5) is 12.2. The number of hydrogen-bond acceptors (Lipinski definition) is 4. The number of hydrogen-bond donors (Lipinski definition) is 3. The van der Waals surface area contributed by atoms with E-state index in [1.165, 1.54) is 0 Å². The van der Waals surface area contributed by atoms with Gasteiger partial charge < -0.3 is 20.9 Å². The van der Waals surface area contributed by atoms with E-state index in [2.05, 4.69) is 5.32 Å². The molecular formula is C15H22N2O3. The van der Waals surface area contributed by atoms with Gasteiger partial charge >= 0.3 is 0 Å². The quantitative estimate of drug-likeness (QED) is 0.730. The smallest absolute Gasteiger partial charge is 0.253 e. The van der Waals surface area contributed by atoms with Crippen molar-refractivity contribution in [3.8, 4) is 5.75 Å². The second kappa shape index (κ2) is 6.61. The van der Waals surface area contributed by atoms with Gasteiger partial charge in [0.05, 0.1) is 18.8 Å². The first kappa shape index (κ1) is 14.7. The van der Waals surface area contributed by atoms with Crippen LogP contribution in [0.5, 0.6) is 5.75 Å². The number of anilines is 1. The molecule has 5 heteroatoms. The third-order valence-electron chi connectivity index (χ3n) is 3.90. The molecule has 20 heavy (non-hydrogen) atoms. The van der Waals surface area contributed by atoms with Gasteiger partial charge in [-0.1, -0.05) is 12.8 Å². The number of benzene rings is 1. The molecule has 0 spiro atoms. The highest BCUT2D eigenvalue weighted by Gasteiger charge is 2.23. The zero-order chi connectivity index (χ0) is 14.5. The number of methoxy groups -OCH3 is 1. The number of aliphatic hydroxyl groups is 1. The normalized spacial score (nSPS) is 22.3. The van der Waals surface area contributed by atoms with E-state index in [-0.39, 0.29) is 17.9 Å². The van der Waals surface area contributed by atoms with Crippen molar-refractivity contribution in [3.63, 3.8) is 0 Å². The average Bonchev–Trinajstić information content (AvgIpc) is 2.46. The van der Waals surface area contributed by atoms with Gasteiger partial charge in [-0.15, -0.1) is 0 Å². The van der Waals surface area contributed by atoms with Crippen LogP contribution in [0.3, 0.4) is 0 Å². The predicted octanol–water partition coefficient (Wildman–Crippen LogP) is 1.56. The summed E-state index contributed by atoms with van der Waals surface area (Å²) in [7, 11) is 1.55. The lowest BCUT2D eigenvalue weighted by Crippen LogP contribution is -2.36. The van der Waals surface area contributed by atoms with Crippen LogP contribution >= 0.6 is 0 Å².